The number of hydrogen-bond donors (Lipinski definition) is 4. The van der Waals surface area contributed by atoms with Gasteiger partial charge in [0.1, 0.15) is 17.1 Å². The maximum absolute atomic E-state index is 13.5. The molecule has 0 unspecified atom stereocenters. The van der Waals surface area contributed by atoms with Crippen molar-refractivity contribution in [3.63, 3.8) is 0 Å². The first kappa shape index (κ1) is 26.5. The highest BCUT2D eigenvalue weighted by molar-refractivity contribution is 7.88. The van der Waals surface area contributed by atoms with Gasteiger partial charge in [0.2, 0.25) is 5.78 Å². The summed E-state index contributed by atoms with van der Waals surface area (Å²) in [4.78, 5) is 39.2. The molecule has 0 aliphatic heterocycles. The number of primary amides is 1. The lowest BCUT2D eigenvalue weighted by molar-refractivity contribution is -0.147. The normalized spacial score (nSPS) is 25.9. The van der Waals surface area contributed by atoms with Gasteiger partial charge in [-0.3, -0.25) is 14.4 Å². The fraction of sp³-hybridized carbons (Fsp3) is 0.409. The first-order chi connectivity index (χ1) is 16.9. The lowest BCUT2D eigenvalue weighted by atomic mass is 9.59. The maximum Gasteiger partial charge on any atom is 0.534 e. The van der Waals surface area contributed by atoms with Crippen molar-refractivity contribution in [1.29, 1.82) is 0 Å². The molecule has 200 valence electrons. The minimum absolute atomic E-state index is 0.120. The molecule has 37 heavy (non-hydrogen) atoms. The molecule has 1 aromatic carbocycles. The molecule has 0 spiro atoms. The molecule has 0 radical (unpaired) electrons. The smallest absolute Gasteiger partial charge is 0.508 e. The van der Waals surface area contributed by atoms with E-state index in [9.17, 15) is 51.3 Å². The summed E-state index contributed by atoms with van der Waals surface area (Å²) in [6.07, 6.45) is -0.789. The summed E-state index contributed by atoms with van der Waals surface area (Å²) in [6.45, 7) is 0. The quantitative estimate of drug-likeness (QED) is 0.241. The molecular weight excluding hydrogens is 525 g/mol. The zero-order chi connectivity index (χ0) is 27.8. The summed E-state index contributed by atoms with van der Waals surface area (Å²) in [5, 5.41) is 32.9. The number of aliphatic hydroxyl groups excluding tert-OH is 2. The number of alkyl halides is 3. The lowest BCUT2D eigenvalue weighted by Crippen LogP contribution is -2.58. The van der Waals surface area contributed by atoms with Gasteiger partial charge < -0.3 is 30.1 Å². The number of amides is 1. The van der Waals surface area contributed by atoms with Crippen molar-refractivity contribution in [2.45, 2.75) is 30.4 Å². The van der Waals surface area contributed by atoms with Gasteiger partial charge in [0.15, 0.2) is 17.1 Å². The van der Waals surface area contributed by atoms with Crippen LogP contribution in [0, 0.1) is 11.8 Å². The third-order valence-corrected chi connectivity index (χ3v) is 7.84. The van der Waals surface area contributed by atoms with Gasteiger partial charge >= 0.3 is 15.6 Å². The zero-order valence-electron chi connectivity index (χ0n) is 19.3. The number of Topliss-reactive ketones (excluding diaryl/α,β-unsaturated/α-hetero) is 2. The fourth-order valence-corrected chi connectivity index (χ4v) is 5.72. The van der Waals surface area contributed by atoms with Crippen molar-refractivity contribution in [2.24, 2.45) is 17.6 Å². The van der Waals surface area contributed by atoms with Crippen molar-refractivity contribution in [3.8, 4) is 5.75 Å². The number of fused-ring (bicyclic) bond motifs is 3. The summed E-state index contributed by atoms with van der Waals surface area (Å²) in [5.74, 6) is -8.83. The predicted octanol–water partition coefficient (Wildman–Crippen LogP) is 1.01. The van der Waals surface area contributed by atoms with Crippen LogP contribution in [0.3, 0.4) is 0 Å². The third-order valence-electron chi connectivity index (χ3n) is 6.87. The maximum atomic E-state index is 13.5. The summed E-state index contributed by atoms with van der Waals surface area (Å²) in [5.41, 5.74) is -5.00. The summed E-state index contributed by atoms with van der Waals surface area (Å²) >= 11 is 0. The number of hydrogen-bond acceptors (Lipinski definition) is 10. The van der Waals surface area contributed by atoms with E-state index in [1.807, 2.05) is 0 Å². The molecule has 5 N–H and O–H groups in total. The molecule has 3 aliphatic rings. The van der Waals surface area contributed by atoms with Crippen LogP contribution in [0.15, 0.2) is 29.0 Å². The van der Waals surface area contributed by atoms with Crippen molar-refractivity contribution in [3.05, 3.63) is 40.2 Å². The first-order valence-electron chi connectivity index (χ1n) is 10.7. The van der Waals surface area contributed by atoms with Crippen LogP contribution < -0.4 is 14.8 Å². The molecule has 0 bridgehead atoms. The number of anilines is 1. The molecule has 1 aromatic rings. The van der Waals surface area contributed by atoms with E-state index in [0.29, 0.717) is 5.69 Å². The van der Waals surface area contributed by atoms with Gasteiger partial charge in [0.25, 0.3) is 5.91 Å². The average molecular weight is 546 g/mol. The lowest BCUT2D eigenvalue weighted by Gasteiger charge is -2.46. The van der Waals surface area contributed by atoms with Crippen molar-refractivity contribution in [2.75, 3.05) is 19.0 Å². The largest absolute Gasteiger partial charge is 0.534 e. The molecule has 1 amide bonds. The van der Waals surface area contributed by atoms with E-state index in [-0.39, 0.29) is 18.4 Å². The van der Waals surface area contributed by atoms with E-state index in [1.165, 1.54) is 11.0 Å². The molecule has 3 atom stereocenters. The van der Waals surface area contributed by atoms with E-state index in [1.54, 1.807) is 14.1 Å². The van der Waals surface area contributed by atoms with Crippen LogP contribution in [0.25, 0.3) is 5.76 Å². The summed E-state index contributed by atoms with van der Waals surface area (Å²) < 4.78 is 66.8. The molecule has 11 nitrogen and oxygen atoms in total. The van der Waals surface area contributed by atoms with Gasteiger partial charge in [0, 0.05) is 37.7 Å². The summed E-state index contributed by atoms with van der Waals surface area (Å²) in [6, 6.07) is 2.15. The van der Waals surface area contributed by atoms with Gasteiger partial charge in [-0.05, 0) is 36.5 Å². The molecular formula is C22H21F3N2O9S. The Bertz CT molecular complexity index is 1430. The molecule has 3 aliphatic carbocycles. The Labute approximate surface area is 207 Å². The van der Waals surface area contributed by atoms with E-state index < -0.39 is 90.9 Å². The second-order valence-corrected chi connectivity index (χ2v) is 10.8. The molecule has 0 aromatic heterocycles. The predicted molar refractivity (Wildman–Crippen MR) is 120 cm³/mol. The number of ketones is 2. The van der Waals surface area contributed by atoms with E-state index in [2.05, 4.69) is 4.18 Å². The van der Waals surface area contributed by atoms with Crippen LogP contribution in [0.4, 0.5) is 18.9 Å². The minimum Gasteiger partial charge on any atom is -0.508 e. The second kappa shape index (κ2) is 8.21. The van der Waals surface area contributed by atoms with Crippen LogP contribution in [0.1, 0.15) is 24.0 Å². The molecule has 0 saturated heterocycles. The molecule has 15 heteroatoms. The third kappa shape index (κ3) is 3.75. The Morgan fingerprint density at radius 1 is 1.19 bits per heavy atom. The standard InChI is InChI=1S/C22H21F3N2O9S/c1-27(2)11-3-4-13(36-37(34,35)22(23,24)25)15-10(11)6-8-5-9-7-12(28)16(20(26)32)19(31)21(9,33)18(30)14(8)17(15)29/h3-4,8-9,29,31,33H,5-7H2,1-2H3,(H2,26,32)/t8-,9+,21+/m1/s1. The number of rotatable bonds is 4. The van der Waals surface area contributed by atoms with Gasteiger partial charge in [-0.2, -0.15) is 21.6 Å². The van der Waals surface area contributed by atoms with Gasteiger partial charge in [-0.1, -0.05) is 0 Å². The second-order valence-electron chi connectivity index (χ2n) is 9.22. The van der Waals surface area contributed by atoms with Crippen molar-refractivity contribution in [1.82, 2.24) is 0 Å². The van der Waals surface area contributed by atoms with Crippen LogP contribution in [-0.4, -0.2) is 66.4 Å². The Hall–Kier alpha value is -3.59. The Morgan fingerprint density at radius 3 is 2.35 bits per heavy atom. The SMILES string of the molecule is CN(C)c1ccc(OS(=O)(=O)C(F)(F)F)c2c1C[C@H]1C[C@H]3CC(=O)C(C(N)=O)=C(O)[C@@]3(O)C(=O)C1=C2O. The zero-order valence-corrected chi connectivity index (χ0v) is 20.1. The molecule has 0 heterocycles. The van der Waals surface area contributed by atoms with Crippen molar-refractivity contribution < 1.29 is 55.5 Å². The van der Waals surface area contributed by atoms with E-state index in [4.69, 9.17) is 5.73 Å². The minimum atomic E-state index is -6.16. The van der Waals surface area contributed by atoms with Crippen LogP contribution >= 0.6 is 0 Å². The number of aliphatic hydroxyl groups is 3. The van der Waals surface area contributed by atoms with Gasteiger partial charge in [-0.15, -0.1) is 0 Å². The highest BCUT2D eigenvalue weighted by Gasteiger charge is 2.60. The van der Waals surface area contributed by atoms with Crippen LogP contribution in [-0.2, 0) is 30.9 Å². The van der Waals surface area contributed by atoms with Crippen molar-refractivity contribution >= 4 is 39.0 Å². The Balaban J connectivity index is 1.96. The average Bonchev–Trinajstić information content (AvgIpc) is 2.74. The number of nitrogens with zero attached hydrogens (tertiary/aromatic N) is 1. The van der Waals surface area contributed by atoms with Gasteiger partial charge in [0.05, 0.1) is 5.56 Å². The monoisotopic (exact) mass is 546 g/mol. The molecule has 4 rings (SSSR count). The van der Waals surface area contributed by atoms with E-state index >= 15 is 0 Å². The molecule has 1 fully saturated rings. The van der Waals surface area contributed by atoms with Gasteiger partial charge in [-0.25, -0.2) is 0 Å². The first-order valence-corrected chi connectivity index (χ1v) is 12.2. The summed E-state index contributed by atoms with van der Waals surface area (Å²) in [7, 11) is -3.00. The van der Waals surface area contributed by atoms with Crippen LogP contribution in [0.5, 0.6) is 5.75 Å². The number of benzene rings is 1. The highest BCUT2D eigenvalue weighted by Crippen LogP contribution is 2.53. The number of carbonyl (C=O) groups excluding carboxylic acids is 3. The Kier molecular flexibility index (Phi) is 5.87. The number of nitrogens with two attached hydrogens (primary N) is 1. The Morgan fingerprint density at radius 2 is 1.81 bits per heavy atom. The topological polar surface area (TPSA) is 185 Å². The molecule has 1 saturated carbocycles. The fourth-order valence-electron chi connectivity index (χ4n) is 5.25. The number of halogens is 3. The number of carbonyl (C=O) groups is 3. The van der Waals surface area contributed by atoms with Crippen LogP contribution in [0.2, 0.25) is 0 Å². The van der Waals surface area contributed by atoms with E-state index in [0.717, 1.165) is 6.07 Å². The highest BCUT2D eigenvalue weighted by atomic mass is 32.2.